The lowest BCUT2D eigenvalue weighted by molar-refractivity contribution is 0.691. The van der Waals surface area contributed by atoms with Gasteiger partial charge < -0.3 is 0 Å². The molecule has 1 unspecified atom stereocenters. The number of anilines is 1. The zero-order chi connectivity index (χ0) is 31.9. The average molecular weight is 614 g/mol. The molecule has 0 aliphatic carbocycles. The largest absolute Gasteiger partial charge is 0.299 e. The van der Waals surface area contributed by atoms with Crippen molar-refractivity contribution in [2.45, 2.75) is 6.17 Å². The van der Waals surface area contributed by atoms with Crippen LogP contribution in [0.1, 0.15) is 17.3 Å². The van der Waals surface area contributed by atoms with Crippen molar-refractivity contribution in [3.05, 3.63) is 193 Å². The van der Waals surface area contributed by atoms with Crippen LogP contribution >= 0.6 is 0 Å². The van der Waals surface area contributed by atoms with Crippen molar-refractivity contribution in [3.63, 3.8) is 0 Å². The minimum atomic E-state index is -0.122. The van der Waals surface area contributed by atoms with E-state index >= 15 is 0 Å². The van der Waals surface area contributed by atoms with Crippen molar-refractivity contribution in [2.24, 2.45) is 4.99 Å². The number of aromatic nitrogens is 1. The third kappa shape index (κ3) is 4.94. The van der Waals surface area contributed by atoms with Gasteiger partial charge in [-0.2, -0.15) is 0 Å². The maximum Gasteiger partial charge on any atom is 0.155 e. The van der Waals surface area contributed by atoms with Crippen LogP contribution in [0.3, 0.4) is 0 Å². The summed E-state index contributed by atoms with van der Waals surface area (Å²) in [6.07, 6.45) is -0.122. The van der Waals surface area contributed by atoms with Crippen LogP contribution in [0.15, 0.2) is 187 Å². The molecule has 0 bridgehead atoms. The number of para-hydroxylation sites is 1. The molecular formula is C45H31N3. The number of aliphatic imine (C=N–C) groups is 1. The van der Waals surface area contributed by atoms with Gasteiger partial charge in [-0.15, -0.1) is 0 Å². The van der Waals surface area contributed by atoms with Gasteiger partial charge in [0.15, 0.2) is 6.17 Å². The molecule has 9 rings (SSSR count). The number of rotatable bonds is 6. The predicted molar refractivity (Wildman–Crippen MR) is 200 cm³/mol. The van der Waals surface area contributed by atoms with E-state index in [2.05, 4.69) is 181 Å². The first-order valence-electron chi connectivity index (χ1n) is 16.4. The highest BCUT2D eigenvalue weighted by atomic mass is 15.4. The zero-order valence-electron chi connectivity index (χ0n) is 26.2. The second-order valence-electron chi connectivity index (χ2n) is 12.2. The molecule has 0 amide bonds. The summed E-state index contributed by atoms with van der Waals surface area (Å²) < 4.78 is 0. The van der Waals surface area contributed by atoms with E-state index in [9.17, 15) is 0 Å². The van der Waals surface area contributed by atoms with Crippen molar-refractivity contribution in [2.75, 3.05) is 4.90 Å². The molecule has 1 atom stereocenters. The van der Waals surface area contributed by atoms with Crippen molar-refractivity contribution in [1.82, 2.24) is 4.98 Å². The molecule has 1 aromatic heterocycles. The normalized spacial score (nSPS) is 14.1. The van der Waals surface area contributed by atoms with E-state index in [0.29, 0.717) is 0 Å². The number of nitrogens with zero attached hydrogens (tertiary/aromatic N) is 3. The molecule has 0 fully saturated rings. The van der Waals surface area contributed by atoms with E-state index in [-0.39, 0.29) is 6.17 Å². The Labute approximate surface area is 280 Å². The molecule has 226 valence electrons. The Morgan fingerprint density at radius 3 is 1.73 bits per heavy atom. The van der Waals surface area contributed by atoms with Crippen molar-refractivity contribution >= 4 is 33.2 Å². The van der Waals surface area contributed by atoms with Crippen molar-refractivity contribution < 1.29 is 0 Å². The SMILES string of the molecule is c1ccc(-c2ccc(C3=NC(c4ccc5c(ccc6nc(-c7ccccc7)cc(-c7ccccc7)c65)c4)N3c3ccccc3)cc2)cc1. The number of hydrogen-bond donors (Lipinski definition) is 0. The smallest absolute Gasteiger partial charge is 0.155 e. The van der Waals surface area contributed by atoms with E-state index in [4.69, 9.17) is 9.98 Å². The van der Waals surface area contributed by atoms with Crippen LogP contribution in [0.25, 0.3) is 55.2 Å². The summed E-state index contributed by atoms with van der Waals surface area (Å²) in [6.45, 7) is 0. The standard InChI is InChI=1S/C45H31N3/c1-5-13-31(14-6-1)32-21-23-35(24-22-32)44-47-45(48(44)38-19-11-4-12-20-38)37-25-27-39-36(29-37)26-28-41-43(39)40(33-15-7-2-8-16-33)30-42(46-41)34-17-9-3-10-18-34/h1-30,45H. The Balaban J connectivity index is 1.15. The van der Waals surface area contributed by atoms with Gasteiger partial charge in [0.2, 0.25) is 0 Å². The minimum absolute atomic E-state index is 0.122. The van der Waals surface area contributed by atoms with Gasteiger partial charge in [0, 0.05) is 22.2 Å². The van der Waals surface area contributed by atoms with Gasteiger partial charge >= 0.3 is 0 Å². The highest BCUT2D eigenvalue weighted by Gasteiger charge is 2.34. The summed E-state index contributed by atoms with van der Waals surface area (Å²) in [5.74, 6) is 0.980. The molecule has 7 aromatic carbocycles. The van der Waals surface area contributed by atoms with Crippen LogP contribution in [0.4, 0.5) is 5.69 Å². The third-order valence-corrected chi connectivity index (χ3v) is 9.27. The summed E-state index contributed by atoms with van der Waals surface area (Å²) in [6, 6.07) is 64.3. The first-order chi connectivity index (χ1) is 23.8. The molecule has 0 N–H and O–H groups in total. The quantitative estimate of drug-likeness (QED) is 0.175. The molecule has 0 radical (unpaired) electrons. The lowest BCUT2D eigenvalue weighted by Crippen LogP contribution is -2.43. The Morgan fingerprint density at radius 1 is 0.458 bits per heavy atom. The van der Waals surface area contributed by atoms with Gasteiger partial charge in [-0.25, -0.2) is 9.98 Å². The van der Waals surface area contributed by atoms with Crippen LogP contribution in [0.5, 0.6) is 0 Å². The van der Waals surface area contributed by atoms with E-state index in [1.807, 2.05) is 6.07 Å². The predicted octanol–water partition coefficient (Wildman–Crippen LogP) is 11.4. The van der Waals surface area contributed by atoms with E-state index < -0.39 is 0 Å². The minimum Gasteiger partial charge on any atom is -0.299 e. The summed E-state index contributed by atoms with van der Waals surface area (Å²) in [5, 5.41) is 3.53. The molecule has 8 aromatic rings. The Hall–Kier alpha value is -6.32. The van der Waals surface area contributed by atoms with Crippen molar-refractivity contribution in [1.29, 1.82) is 0 Å². The van der Waals surface area contributed by atoms with E-state index in [1.165, 1.54) is 38.4 Å². The highest BCUT2D eigenvalue weighted by Crippen LogP contribution is 2.41. The fraction of sp³-hybridized carbons (Fsp3) is 0.0222. The fourth-order valence-corrected chi connectivity index (χ4v) is 6.87. The molecule has 1 aliphatic rings. The molecule has 0 spiro atoms. The molecule has 0 saturated carbocycles. The maximum absolute atomic E-state index is 5.23. The zero-order valence-corrected chi connectivity index (χ0v) is 26.2. The third-order valence-electron chi connectivity index (χ3n) is 9.27. The van der Waals surface area contributed by atoms with Gasteiger partial charge in [0.1, 0.15) is 5.84 Å². The number of benzene rings is 7. The van der Waals surface area contributed by atoms with Crippen LogP contribution < -0.4 is 4.90 Å². The Kier molecular flexibility index (Phi) is 6.87. The van der Waals surface area contributed by atoms with Gasteiger partial charge in [0.05, 0.1) is 11.2 Å². The van der Waals surface area contributed by atoms with Crippen LogP contribution in [-0.4, -0.2) is 10.8 Å². The second-order valence-corrected chi connectivity index (χ2v) is 12.2. The fourth-order valence-electron chi connectivity index (χ4n) is 6.87. The topological polar surface area (TPSA) is 28.5 Å². The first kappa shape index (κ1) is 27.9. The van der Waals surface area contributed by atoms with Crippen LogP contribution in [-0.2, 0) is 0 Å². The summed E-state index contributed by atoms with van der Waals surface area (Å²) in [5.41, 5.74) is 11.2. The Bertz CT molecular complexity index is 2420. The van der Waals surface area contributed by atoms with Crippen LogP contribution in [0.2, 0.25) is 0 Å². The van der Waals surface area contributed by atoms with E-state index in [0.717, 1.165) is 39.4 Å². The van der Waals surface area contributed by atoms with Gasteiger partial charge in [0.25, 0.3) is 0 Å². The number of amidine groups is 1. The molecule has 3 nitrogen and oxygen atoms in total. The lowest BCUT2D eigenvalue weighted by Gasteiger charge is -2.40. The molecular weight excluding hydrogens is 583 g/mol. The Morgan fingerprint density at radius 2 is 1.04 bits per heavy atom. The van der Waals surface area contributed by atoms with Crippen molar-refractivity contribution in [3.8, 4) is 33.5 Å². The highest BCUT2D eigenvalue weighted by molar-refractivity contribution is 6.16. The van der Waals surface area contributed by atoms with E-state index in [1.54, 1.807) is 0 Å². The monoisotopic (exact) mass is 613 g/mol. The number of hydrogen-bond acceptors (Lipinski definition) is 3. The molecule has 1 aliphatic heterocycles. The summed E-state index contributed by atoms with van der Waals surface area (Å²) >= 11 is 0. The first-order valence-corrected chi connectivity index (χ1v) is 16.4. The maximum atomic E-state index is 5.23. The van der Waals surface area contributed by atoms with Crippen LogP contribution in [0, 0.1) is 0 Å². The number of fused-ring (bicyclic) bond motifs is 3. The lowest BCUT2D eigenvalue weighted by atomic mass is 9.93. The summed E-state index contributed by atoms with van der Waals surface area (Å²) in [4.78, 5) is 12.7. The van der Waals surface area contributed by atoms with Gasteiger partial charge in [-0.3, -0.25) is 4.90 Å². The van der Waals surface area contributed by atoms with Gasteiger partial charge in [-0.1, -0.05) is 152 Å². The molecule has 48 heavy (non-hydrogen) atoms. The number of pyridine rings is 1. The molecule has 2 heterocycles. The molecule has 3 heteroatoms. The second kappa shape index (κ2) is 11.8. The average Bonchev–Trinajstić information content (AvgIpc) is 3.15. The van der Waals surface area contributed by atoms with Gasteiger partial charge in [-0.05, 0) is 68.9 Å². The molecule has 0 saturated heterocycles. The summed E-state index contributed by atoms with van der Waals surface area (Å²) in [7, 11) is 0.